The van der Waals surface area contributed by atoms with Crippen molar-refractivity contribution in [1.29, 1.82) is 0 Å². The molecule has 2 rings (SSSR count). The molecule has 0 unspecified atom stereocenters. The standard InChI is InChI=1S/C13H12BrClN2O/c1-8(16)12-4-3-10(7-17-12)18-13-5-2-9(14)6-11(13)15/h2-8H,16H2,1H3/t8-/m0/s1. The molecule has 3 nitrogen and oxygen atoms in total. The molecule has 0 aliphatic carbocycles. The van der Waals surface area contributed by atoms with Gasteiger partial charge in [-0.25, -0.2) is 0 Å². The van der Waals surface area contributed by atoms with Crippen molar-refractivity contribution in [2.45, 2.75) is 13.0 Å². The van der Waals surface area contributed by atoms with E-state index in [1.165, 1.54) is 0 Å². The van der Waals surface area contributed by atoms with Crippen molar-refractivity contribution in [3.05, 3.63) is 51.7 Å². The van der Waals surface area contributed by atoms with Crippen LogP contribution in [0.3, 0.4) is 0 Å². The lowest BCUT2D eigenvalue weighted by Gasteiger charge is -2.09. The molecule has 0 saturated carbocycles. The highest BCUT2D eigenvalue weighted by Crippen LogP contribution is 2.31. The van der Waals surface area contributed by atoms with Crippen molar-refractivity contribution in [3.8, 4) is 11.5 Å². The number of aromatic nitrogens is 1. The van der Waals surface area contributed by atoms with E-state index in [4.69, 9.17) is 22.1 Å². The first-order chi connectivity index (χ1) is 8.56. The molecule has 0 saturated heterocycles. The number of pyridine rings is 1. The molecule has 2 aromatic rings. The van der Waals surface area contributed by atoms with Crippen LogP contribution in [0.4, 0.5) is 0 Å². The van der Waals surface area contributed by atoms with E-state index in [-0.39, 0.29) is 6.04 Å². The van der Waals surface area contributed by atoms with E-state index >= 15 is 0 Å². The lowest BCUT2D eigenvalue weighted by atomic mass is 10.2. The van der Waals surface area contributed by atoms with Crippen LogP contribution in [-0.4, -0.2) is 4.98 Å². The molecule has 1 aromatic heterocycles. The Morgan fingerprint density at radius 3 is 2.67 bits per heavy atom. The zero-order valence-corrected chi connectivity index (χ0v) is 12.1. The quantitative estimate of drug-likeness (QED) is 0.914. The van der Waals surface area contributed by atoms with Crippen LogP contribution in [0, 0.1) is 0 Å². The summed E-state index contributed by atoms with van der Waals surface area (Å²) in [5, 5.41) is 0.542. The fourth-order valence-electron chi connectivity index (χ4n) is 1.41. The predicted octanol–water partition coefficient (Wildman–Crippen LogP) is 4.31. The van der Waals surface area contributed by atoms with E-state index in [9.17, 15) is 0 Å². The second-order valence-corrected chi connectivity index (χ2v) is 5.21. The van der Waals surface area contributed by atoms with Gasteiger partial charge in [0.25, 0.3) is 0 Å². The smallest absolute Gasteiger partial charge is 0.146 e. The first-order valence-electron chi connectivity index (χ1n) is 5.40. The summed E-state index contributed by atoms with van der Waals surface area (Å²) < 4.78 is 6.55. The second-order valence-electron chi connectivity index (χ2n) is 3.88. The van der Waals surface area contributed by atoms with E-state index in [0.29, 0.717) is 16.5 Å². The molecule has 0 fully saturated rings. The lowest BCUT2D eigenvalue weighted by Crippen LogP contribution is -2.06. The molecule has 0 aliphatic rings. The predicted molar refractivity (Wildman–Crippen MR) is 76.1 cm³/mol. The van der Waals surface area contributed by atoms with Gasteiger partial charge in [0.1, 0.15) is 11.5 Å². The van der Waals surface area contributed by atoms with Gasteiger partial charge in [0.05, 0.1) is 16.9 Å². The number of halogens is 2. The van der Waals surface area contributed by atoms with Gasteiger partial charge in [0.2, 0.25) is 0 Å². The van der Waals surface area contributed by atoms with Crippen molar-refractivity contribution in [2.75, 3.05) is 0 Å². The van der Waals surface area contributed by atoms with Gasteiger partial charge < -0.3 is 10.5 Å². The van der Waals surface area contributed by atoms with Crippen LogP contribution in [0.1, 0.15) is 18.7 Å². The minimum atomic E-state index is -0.0877. The number of nitrogens with two attached hydrogens (primary N) is 1. The van der Waals surface area contributed by atoms with Gasteiger partial charge in [0, 0.05) is 10.5 Å². The van der Waals surface area contributed by atoms with Gasteiger partial charge in [-0.2, -0.15) is 0 Å². The Labute approximate surface area is 119 Å². The minimum Gasteiger partial charge on any atom is -0.454 e. The maximum Gasteiger partial charge on any atom is 0.146 e. The van der Waals surface area contributed by atoms with Gasteiger partial charge in [-0.1, -0.05) is 27.5 Å². The first kappa shape index (κ1) is 13.3. The molecular formula is C13H12BrClN2O. The summed E-state index contributed by atoms with van der Waals surface area (Å²) in [7, 11) is 0. The fraction of sp³-hybridized carbons (Fsp3) is 0.154. The molecule has 2 N–H and O–H groups in total. The van der Waals surface area contributed by atoms with Gasteiger partial charge in [-0.05, 0) is 37.3 Å². The number of ether oxygens (including phenoxy) is 1. The summed E-state index contributed by atoms with van der Waals surface area (Å²) in [6, 6.07) is 9.02. The number of rotatable bonds is 3. The van der Waals surface area contributed by atoms with Crippen molar-refractivity contribution in [1.82, 2.24) is 4.98 Å². The van der Waals surface area contributed by atoms with Crippen molar-refractivity contribution < 1.29 is 4.74 Å². The van der Waals surface area contributed by atoms with E-state index < -0.39 is 0 Å². The molecule has 94 valence electrons. The van der Waals surface area contributed by atoms with Crippen LogP contribution in [0.25, 0.3) is 0 Å². The maximum atomic E-state index is 6.07. The summed E-state index contributed by atoms with van der Waals surface area (Å²) in [4.78, 5) is 4.22. The Morgan fingerprint density at radius 2 is 2.11 bits per heavy atom. The van der Waals surface area contributed by atoms with Crippen LogP contribution < -0.4 is 10.5 Å². The van der Waals surface area contributed by atoms with Crippen LogP contribution in [-0.2, 0) is 0 Å². The molecule has 1 heterocycles. The zero-order chi connectivity index (χ0) is 13.1. The normalized spacial score (nSPS) is 12.2. The Bertz CT molecular complexity index is 543. The fourth-order valence-corrected chi connectivity index (χ4v) is 2.12. The number of benzene rings is 1. The van der Waals surface area contributed by atoms with Gasteiger partial charge in [0.15, 0.2) is 0 Å². The summed E-state index contributed by atoms with van der Waals surface area (Å²) in [6.07, 6.45) is 1.64. The number of nitrogens with zero attached hydrogens (tertiary/aromatic N) is 1. The van der Waals surface area contributed by atoms with E-state index in [2.05, 4.69) is 20.9 Å². The first-order valence-corrected chi connectivity index (χ1v) is 6.58. The lowest BCUT2D eigenvalue weighted by molar-refractivity contribution is 0.479. The summed E-state index contributed by atoms with van der Waals surface area (Å²) in [5.41, 5.74) is 6.55. The molecule has 1 atom stereocenters. The van der Waals surface area contributed by atoms with Crippen molar-refractivity contribution >= 4 is 27.5 Å². The van der Waals surface area contributed by atoms with E-state index in [1.54, 1.807) is 18.3 Å². The Hall–Kier alpha value is -1.10. The van der Waals surface area contributed by atoms with E-state index in [1.807, 2.05) is 25.1 Å². The topological polar surface area (TPSA) is 48.1 Å². The second kappa shape index (κ2) is 5.69. The number of hydrogen-bond acceptors (Lipinski definition) is 3. The molecule has 0 radical (unpaired) electrons. The third-order valence-electron chi connectivity index (χ3n) is 2.35. The zero-order valence-electron chi connectivity index (χ0n) is 9.73. The molecule has 18 heavy (non-hydrogen) atoms. The van der Waals surface area contributed by atoms with Crippen molar-refractivity contribution in [3.63, 3.8) is 0 Å². The third kappa shape index (κ3) is 3.22. The maximum absolute atomic E-state index is 6.07. The largest absolute Gasteiger partial charge is 0.454 e. The number of hydrogen-bond donors (Lipinski definition) is 1. The Morgan fingerprint density at radius 1 is 1.33 bits per heavy atom. The highest BCUT2D eigenvalue weighted by atomic mass is 79.9. The average molecular weight is 328 g/mol. The molecule has 0 bridgehead atoms. The molecule has 0 amide bonds. The minimum absolute atomic E-state index is 0.0877. The molecule has 5 heteroatoms. The van der Waals surface area contributed by atoms with E-state index in [0.717, 1.165) is 10.2 Å². The molecule has 0 aliphatic heterocycles. The molecule has 0 spiro atoms. The molecule has 1 aromatic carbocycles. The summed E-state index contributed by atoms with van der Waals surface area (Å²) in [5.74, 6) is 1.22. The van der Waals surface area contributed by atoms with Crippen molar-refractivity contribution in [2.24, 2.45) is 5.73 Å². The molecular weight excluding hydrogens is 316 g/mol. The summed E-state index contributed by atoms with van der Waals surface area (Å²) in [6.45, 7) is 1.88. The Kier molecular flexibility index (Phi) is 4.22. The van der Waals surface area contributed by atoms with Crippen LogP contribution in [0.15, 0.2) is 41.0 Å². The van der Waals surface area contributed by atoms with Crippen LogP contribution in [0.5, 0.6) is 11.5 Å². The SMILES string of the molecule is C[C@H](N)c1ccc(Oc2ccc(Br)cc2Cl)cn1. The Balaban J connectivity index is 2.18. The van der Waals surface area contributed by atoms with Gasteiger partial charge >= 0.3 is 0 Å². The van der Waals surface area contributed by atoms with Crippen LogP contribution in [0.2, 0.25) is 5.02 Å². The summed E-state index contributed by atoms with van der Waals surface area (Å²) >= 11 is 9.41. The monoisotopic (exact) mass is 326 g/mol. The highest BCUT2D eigenvalue weighted by molar-refractivity contribution is 9.10. The average Bonchev–Trinajstić information content (AvgIpc) is 2.33. The third-order valence-corrected chi connectivity index (χ3v) is 3.14. The van der Waals surface area contributed by atoms with Gasteiger partial charge in [-0.3, -0.25) is 4.98 Å². The highest BCUT2D eigenvalue weighted by Gasteiger charge is 2.05. The van der Waals surface area contributed by atoms with Gasteiger partial charge in [-0.15, -0.1) is 0 Å². The van der Waals surface area contributed by atoms with Crippen LogP contribution >= 0.6 is 27.5 Å².